The van der Waals surface area contributed by atoms with E-state index in [0.717, 1.165) is 11.1 Å². The molecule has 0 fully saturated rings. The lowest BCUT2D eigenvalue weighted by Gasteiger charge is -2.08. The van der Waals surface area contributed by atoms with E-state index in [1.807, 2.05) is 26.0 Å². The second-order valence-electron chi connectivity index (χ2n) is 6.38. The van der Waals surface area contributed by atoms with E-state index in [2.05, 4.69) is 10.2 Å². The van der Waals surface area contributed by atoms with Crippen LogP contribution in [0, 0.1) is 17.0 Å². The molecule has 9 heteroatoms. The Hall–Kier alpha value is -3.75. The molecule has 0 saturated heterocycles. The first-order valence-corrected chi connectivity index (χ1v) is 9.02. The lowest BCUT2D eigenvalue weighted by atomic mass is 10.1. The topological polar surface area (TPSA) is 105 Å². The summed E-state index contributed by atoms with van der Waals surface area (Å²) >= 11 is 0. The number of carbonyl (C=O) groups excluding carboxylic acids is 1. The van der Waals surface area contributed by atoms with Gasteiger partial charge in [0.15, 0.2) is 5.78 Å². The maximum atomic E-state index is 12.5. The molecule has 0 bridgehead atoms. The van der Waals surface area contributed by atoms with Crippen molar-refractivity contribution in [3.63, 3.8) is 0 Å². The van der Waals surface area contributed by atoms with Crippen LogP contribution in [0.1, 0.15) is 34.1 Å². The monoisotopic (exact) mass is 395 g/mol. The van der Waals surface area contributed by atoms with Gasteiger partial charge >= 0.3 is 5.82 Å². The molecule has 2 aromatic heterocycles. The molecular formula is C20H21N5O4. The molecule has 0 atom stereocenters. The third-order valence-corrected chi connectivity index (χ3v) is 4.41. The fraction of sp³-hybridized carbons (Fsp3) is 0.250. The minimum absolute atomic E-state index is 0.123. The highest BCUT2D eigenvalue weighted by Crippen LogP contribution is 2.22. The van der Waals surface area contributed by atoms with E-state index in [-0.39, 0.29) is 11.6 Å². The fourth-order valence-corrected chi connectivity index (χ4v) is 2.92. The lowest BCUT2D eigenvalue weighted by molar-refractivity contribution is -0.389. The Morgan fingerprint density at radius 3 is 2.69 bits per heavy atom. The quantitative estimate of drug-likeness (QED) is 0.251. The van der Waals surface area contributed by atoms with Crippen LogP contribution in [0.15, 0.2) is 42.7 Å². The first kappa shape index (κ1) is 20.0. The maximum Gasteiger partial charge on any atom is 0.389 e. The van der Waals surface area contributed by atoms with E-state index in [4.69, 9.17) is 4.74 Å². The molecule has 150 valence electrons. The number of nitro groups is 1. The standard InChI is InChI=1S/C20H21N5O4/c1-4-23-13-17(14(2)21-23)18(26)7-5-15-6-8-19(29-3)16(11-15)12-24-10-9-20(22-24)25(27)28/h5-11,13H,4,12H2,1-3H3/b7-5+. The number of ether oxygens (including phenoxy) is 1. The van der Waals surface area contributed by atoms with Gasteiger partial charge in [-0.05, 0) is 42.5 Å². The predicted molar refractivity (Wildman–Crippen MR) is 107 cm³/mol. The van der Waals surface area contributed by atoms with Crippen molar-refractivity contribution < 1.29 is 14.5 Å². The Kier molecular flexibility index (Phi) is 5.87. The van der Waals surface area contributed by atoms with Crippen molar-refractivity contribution in [3.05, 3.63) is 75.2 Å². The Balaban J connectivity index is 1.81. The van der Waals surface area contributed by atoms with Gasteiger partial charge in [0, 0.05) is 18.3 Å². The zero-order chi connectivity index (χ0) is 21.0. The summed E-state index contributed by atoms with van der Waals surface area (Å²) in [6, 6.07) is 6.82. The molecule has 3 rings (SSSR count). The molecule has 2 heterocycles. The van der Waals surface area contributed by atoms with Gasteiger partial charge < -0.3 is 14.9 Å². The Morgan fingerprint density at radius 2 is 2.07 bits per heavy atom. The van der Waals surface area contributed by atoms with Crippen LogP contribution in [-0.4, -0.2) is 37.4 Å². The number of nitrogens with zero attached hydrogens (tertiary/aromatic N) is 5. The predicted octanol–water partition coefficient (Wildman–Crippen LogP) is 3.27. The summed E-state index contributed by atoms with van der Waals surface area (Å²) < 4.78 is 8.57. The van der Waals surface area contributed by atoms with Crippen molar-refractivity contribution in [2.45, 2.75) is 26.9 Å². The van der Waals surface area contributed by atoms with Gasteiger partial charge in [0.25, 0.3) is 0 Å². The molecule has 9 nitrogen and oxygen atoms in total. The third kappa shape index (κ3) is 4.57. The molecule has 0 N–H and O–H groups in total. The smallest absolute Gasteiger partial charge is 0.389 e. The van der Waals surface area contributed by atoms with E-state index in [1.54, 1.807) is 30.1 Å². The number of benzene rings is 1. The Labute approximate surface area is 167 Å². The molecule has 1 aromatic carbocycles. The van der Waals surface area contributed by atoms with E-state index < -0.39 is 4.92 Å². The van der Waals surface area contributed by atoms with Gasteiger partial charge in [-0.3, -0.25) is 9.48 Å². The SMILES string of the molecule is CCn1cc(C(=O)/C=C/c2ccc(OC)c(Cn3ccc([N+](=O)[O-])n3)c2)c(C)n1. The van der Waals surface area contributed by atoms with E-state index in [9.17, 15) is 14.9 Å². The van der Waals surface area contributed by atoms with Crippen LogP contribution < -0.4 is 4.74 Å². The summed E-state index contributed by atoms with van der Waals surface area (Å²) in [5.41, 5.74) is 2.85. The van der Waals surface area contributed by atoms with Crippen molar-refractivity contribution >= 4 is 17.7 Å². The minimum atomic E-state index is -0.541. The van der Waals surface area contributed by atoms with Gasteiger partial charge in [0.1, 0.15) is 5.75 Å². The summed E-state index contributed by atoms with van der Waals surface area (Å²) in [5, 5.41) is 19.0. The fourth-order valence-electron chi connectivity index (χ4n) is 2.92. The van der Waals surface area contributed by atoms with Gasteiger partial charge in [-0.2, -0.15) is 9.78 Å². The molecule has 3 aromatic rings. The maximum absolute atomic E-state index is 12.5. The molecule has 0 saturated carbocycles. The molecule has 0 aliphatic rings. The summed E-state index contributed by atoms with van der Waals surface area (Å²) in [7, 11) is 1.55. The van der Waals surface area contributed by atoms with Crippen LogP contribution in [0.5, 0.6) is 5.75 Å². The summed E-state index contributed by atoms with van der Waals surface area (Å²) in [5.74, 6) is 0.294. The minimum Gasteiger partial charge on any atom is -0.496 e. The molecule has 0 aliphatic heterocycles. The van der Waals surface area contributed by atoms with Crippen molar-refractivity contribution in [3.8, 4) is 5.75 Å². The third-order valence-electron chi connectivity index (χ3n) is 4.41. The second kappa shape index (κ2) is 8.51. The number of rotatable bonds is 8. The van der Waals surface area contributed by atoms with Crippen LogP contribution in [0.3, 0.4) is 0 Å². The number of ketones is 1. The van der Waals surface area contributed by atoms with E-state index >= 15 is 0 Å². The normalized spacial score (nSPS) is 11.1. The highest BCUT2D eigenvalue weighted by Gasteiger charge is 2.14. The number of hydrogen-bond acceptors (Lipinski definition) is 6. The Bertz CT molecular complexity index is 1080. The zero-order valence-corrected chi connectivity index (χ0v) is 16.4. The second-order valence-corrected chi connectivity index (χ2v) is 6.38. The molecule has 0 aliphatic carbocycles. The highest BCUT2D eigenvalue weighted by atomic mass is 16.6. The largest absolute Gasteiger partial charge is 0.496 e. The highest BCUT2D eigenvalue weighted by molar-refractivity contribution is 6.07. The van der Waals surface area contributed by atoms with Crippen LogP contribution in [0.2, 0.25) is 0 Å². The first-order chi connectivity index (χ1) is 13.9. The molecule has 0 unspecified atom stereocenters. The van der Waals surface area contributed by atoms with Gasteiger partial charge in [-0.15, -0.1) is 0 Å². The summed E-state index contributed by atoms with van der Waals surface area (Å²) in [4.78, 5) is 22.8. The van der Waals surface area contributed by atoms with Crippen molar-refractivity contribution in [2.24, 2.45) is 0 Å². The zero-order valence-electron chi connectivity index (χ0n) is 16.4. The first-order valence-electron chi connectivity index (χ1n) is 9.02. The Morgan fingerprint density at radius 1 is 1.28 bits per heavy atom. The number of aromatic nitrogens is 4. The van der Waals surface area contributed by atoms with Crippen LogP contribution in [0.25, 0.3) is 6.08 Å². The molecule has 0 radical (unpaired) electrons. The number of allylic oxidation sites excluding steroid dienone is 1. The molecule has 29 heavy (non-hydrogen) atoms. The van der Waals surface area contributed by atoms with Gasteiger partial charge in [-0.25, -0.2) is 0 Å². The summed E-state index contributed by atoms with van der Waals surface area (Å²) in [6.07, 6.45) is 6.51. The average molecular weight is 395 g/mol. The van der Waals surface area contributed by atoms with Crippen molar-refractivity contribution in [1.82, 2.24) is 19.6 Å². The average Bonchev–Trinajstić information content (AvgIpc) is 3.33. The van der Waals surface area contributed by atoms with E-state index in [0.29, 0.717) is 30.1 Å². The van der Waals surface area contributed by atoms with Crippen molar-refractivity contribution in [1.29, 1.82) is 0 Å². The van der Waals surface area contributed by atoms with Gasteiger partial charge in [0.2, 0.25) is 0 Å². The van der Waals surface area contributed by atoms with Crippen LogP contribution in [0.4, 0.5) is 5.82 Å². The molecule has 0 amide bonds. The number of hydrogen-bond donors (Lipinski definition) is 0. The summed E-state index contributed by atoms with van der Waals surface area (Å²) in [6.45, 7) is 4.77. The lowest BCUT2D eigenvalue weighted by Crippen LogP contribution is -2.03. The molecular weight excluding hydrogens is 374 g/mol. The van der Waals surface area contributed by atoms with Crippen LogP contribution in [-0.2, 0) is 13.1 Å². The van der Waals surface area contributed by atoms with Gasteiger partial charge in [-0.1, -0.05) is 12.1 Å². The van der Waals surface area contributed by atoms with Crippen molar-refractivity contribution in [2.75, 3.05) is 7.11 Å². The number of carbonyl (C=O) groups is 1. The van der Waals surface area contributed by atoms with Gasteiger partial charge in [0.05, 0.1) is 42.3 Å². The van der Waals surface area contributed by atoms with E-state index in [1.165, 1.54) is 23.0 Å². The molecule has 0 spiro atoms. The number of aryl methyl sites for hydroxylation is 2. The van der Waals surface area contributed by atoms with Crippen LogP contribution >= 0.6 is 0 Å². The number of methoxy groups -OCH3 is 1.